The smallest absolute Gasteiger partial charge is 0.333 e. The van der Waals surface area contributed by atoms with Crippen LogP contribution in [0.25, 0.3) is 0 Å². The summed E-state index contributed by atoms with van der Waals surface area (Å²) in [5.41, 5.74) is -0.615. The standard InChI is InChI=1S/C12H21N2O4/c1-12(2,3)18-11(17)9-10(16)14(6-4-8-15)7-5-13-9/h9,13H,4-8H2,1-3H3. The van der Waals surface area contributed by atoms with Crippen molar-refractivity contribution in [3.8, 4) is 0 Å². The van der Waals surface area contributed by atoms with E-state index in [9.17, 15) is 14.7 Å². The molecule has 1 heterocycles. The van der Waals surface area contributed by atoms with Gasteiger partial charge in [-0.15, -0.1) is 0 Å². The molecule has 0 aromatic carbocycles. The summed E-state index contributed by atoms with van der Waals surface area (Å²) in [4.78, 5) is 25.4. The zero-order valence-electron chi connectivity index (χ0n) is 11.2. The predicted molar refractivity (Wildman–Crippen MR) is 64.4 cm³/mol. The van der Waals surface area contributed by atoms with E-state index in [4.69, 9.17) is 4.74 Å². The molecule has 0 aliphatic carbocycles. The van der Waals surface area contributed by atoms with Gasteiger partial charge in [-0.1, -0.05) is 0 Å². The van der Waals surface area contributed by atoms with Crippen LogP contribution in [-0.2, 0) is 19.4 Å². The van der Waals surface area contributed by atoms with E-state index < -0.39 is 17.6 Å². The number of amides is 1. The Labute approximate surface area is 107 Å². The molecule has 1 saturated heterocycles. The molecule has 1 N–H and O–H groups in total. The highest BCUT2D eigenvalue weighted by Crippen LogP contribution is 2.11. The van der Waals surface area contributed by atoms with Gasteiger partial charge >= 0.3 is 5.97 Å². The van der Waals surface area contributed by atoms with E-state index in [0.29, 0.717) is 26.1 Å². The van der Waals surface area contributed by atoms with Crippen LogP contribution in [0.2, 0.25) is 0 Å². The average molecular weight is 257 g/mol. The average Bonchev–Trinajstić information content (AvgIpc) is 2.25. The maximum Gasteiger partial charge on any atom is 0.333 e. The van der Waals surface area contributed by atoms with E-state index in [1.54, 1.807) is 25.7 Å². The third-order valence-corrected chi connectivity index (χ3v) is 2.50. The topological polar surface area (TPSA) is 78.5 Å². The molecule has 1 atom stereocenters. The van der Waals surface area contributed by atoms with Crippen molar-refractivity contribution in [1.29, 1.82) is 0 Å². The van der Waals surface area contributed by atoms with Gasteiger partial charge in [0.05, 0.1) is 6.61 Å². The van der Waals surface area contributed by atoms with Crippen LogP contribution in [0, 0.1) is 0 Å². The molecule has 1 amide bonds. The van der Waals surface area contributed by atoms with Crippen molar-refractivity contribution in [2.75, 3.05) is 26.2 Å². The second-order valence-corrected chi connectivity index (χ2v) is 5.30. The number of piperazine rings is 1. The lowest BCUT2D eigenvalue weighted by Crippen LogP contribution is -2.59. The van der Waals surface area contributed by atoms with Gasteiger partial charge in [0.2, 0.25) is 0 Å². The molecule has 1 rings (SSSR count). The van der Waals surface area contributed by atoms with E-state index in [1.807, 2.05) is 0 Å². The fourth-order valence-corrected chi connectivity index (χ4v) is 1.75. The Bertz CT molecular complexity index is 312. The predicted octanol–water partition coefficient (Wildman–Crippen LogP) is -0.0509. The monoisotopic (exact) mass is 257 g/mol. The first-order valence-corrected chi connectivity index (χ1v) is 6.18. The summed E-state index contributed by atoms with van der Waals surface area (Å²) in [6, 6.07) is -0.940. The van der Waals surface area contributed by atoms with Crippen molar-refractivity contribution in [3.63, 3.8) is 0 Å². The molecule has 6 heteroatoms. The van der Waals surface area contributed by atoms with Crippen molar-refractivity contribution >= 4 is 11.9 Å². The second-order valence-electron chi connectivity index (χ2n) is 5.30. The van der Waals surface area contributed by atoms with E-state index >= 15 is 0 Å². The molecule has 103 valence electrons. The quantitative estimate of drug-likeness (QED) is 0.565. The van der Waals surface area contributed by atoms with Crippen LogP contribution < -0.4 is 5.32 Å². The number of ether oxygens (including phenoxy) is 1. The van der Waals surface area contributed by atoms with Crippen LogP contribution in [0.1, 0.15) is 27.2 Å². The third-order valence-electron chi connectivity index (χ3n) is 2.50. The molecule has 1 radical (unpaired) electrons. The Morgan fingerprint density at radius 3 is 2.72 bits per heavy atom. The molecular weight excluding hydrogens is 236 g/mol. The number of carbonyl (C=O) groups is 2. The normalized spacial score (nSPS) is 21.0. The number of nitrogens with zero attached hydrogens (tertiary/aromatic N) is 1. The molecule has 0 aromatic rings. The van der Waals surface area contributed by atoms with Crippen molar-refractivity contribution in [2.24, 2.45) is 0 Å². The van der Waals surface area contributed by atoms with Gasteiger partial charge in [-0.05, 0) is 27.2 Å². The molecule has 1 unspecified atom stereocenters. The first-order chi connectivity index (χ1) is 8.35. The van der Waals surface area contributed by atoms with Gasteiger partial charge in [0.25, 0.3) is 5.91 Å². The van der Waals surface area contributed by atoms with Gasteiger partial charge in [0, 0.05) is 19.6 Å². The summed E-state index contributed by atoms with van der Waals surface area (Å²) in [6.07, 6.45) is 0.410. The second kappa shape index (κ2) is 6.15. The summed E-state index contributed by atoms with van der Waals surface area (Å²) < 4.78 is 5.19. The summed E-state index contributed by atoms with van der Waals surface area (Å²) in [6.45, 7) is 6.53. The number of hydrogen-bond donors (Lipinski definition) is 1. The Morgan fingerprint density at radius 2 is 2.17 bits per heavy atom. The summed E-state index contributed by atoms with van der Waals surface area (Å²) >= 11 is 0. The fraction of sp³-hybridized carbons (Fsp3) is 0.833. The van der Waals surface area contributed by atoms with Crippen LogP contribution in [0.5, 0.6) is 0 Å². The van der Waals surface area contributed by atoms with Crippen LogP contribution in [0.3, 0.4) is 0 Å². The van der Waals surface area contributed by atoms with Gasteiger partial charge in [0.15, 0.2) is 6.04 Å². The Morgan fingerprint density at radius 1 is 1.50 bits per heavy atom. The minimum atomic E-state index is -0.940. The van der Waals surface area contributed by atoms with Gasteiger partial charge < -0.3 is 9.64 Å². The van der Waals surface area contributed by atoms with E-state index in [0.717, 1.165) is 0 Å². The molecule has 0 spiro atoms. The SMILES string of the molecule is CC(C)(C)OC(=O)C1NCCN(CCC[O])C1=O. The zero-order chi connectivity index (χ0) is 13.8. The summed E-state index contributed by atoms with van der Waals surface area (Å²) in [5.74, 6) is -0.858. The molecule has 18 heavy (non-hydrogen) atoms. The highest BCUT2D eigenvalue weighted by atomic mass is 16.6. The molecule has 1 aliphatic heterocycles. The van der Waals surface area contributed by atoms with Crippen LogP contribution in [0.15, 0.2) is 0 Å². The van der Waals surface area contributed by atoms with E-state index in [1.165, 1.54) is 0 Å². The Balaban J connectivity index is 2.60. The van der Waals surface area contributed by atoms with Crippen LogP contribution in [0.4, 0.5) is 0 Å². The maximum absolute atomic E-state index is 12.0. The number of carbonyl (C=O) groups excluding carboxylic acids is 2. The van der Waals surface area contributed by atoms with Crippen molar-refractivity contribution in [1.82, 2.24) is 10.2 Å². The number of rotatable bonds is 4. The molecule has 0 bridgehead atoms. The van der Waals surface area contributed by atoms with Gasteiger partial charge in [0.1, 0.15) is 5.60 Å². The fourth-order valence-electron chi connectivity index (χ4n) is 1.75. The molecule has 1 fully saturated rings. The number of hydrogen-bond acceptors (Lipinski definition) is 4. The van der Waals surface area contributed by atoms with Crippen LogP contribution >= 0.6 is 0 Å². The molecule has 0 aromatic heterocycles. The third kappa shape index (κ3) is 4.27. The molecule has 6 nitrogen and oxygen atoms in total. The molecule has 0 saturated carbocycles. The lowest BCUT2D eigenvalue weighted by Gasteiger charge is -2.33. The first kappa shape index (κ1) is 14.9. The molecule has 1 aliphatic rings. The number of nitrogens with one attached hydrogen (secondary N) is 1. The zero-order valence-corrected chi connectivity index (χ0v) is 11.2. The first-order valence-electron chi connectivity index (χ1n) is 6.18. The van der Waals surface area contributed by atoms with Crippen molar-refractivity contribution < 1.29 is 19.4 Å². The highest BCUT2D eigenvalue weighted by Gasteiger charge is 2.36. The Kier molecular flexibility index (Phi) is 5.10. The van der Waals surface area contributed by atoms with Gasteiger partial charge in [-0.25, -0.2) is 9.90 Å². The van der Waals surface area contributed by atoms with E-state index in [-0.39, 0.29) is 12.5 Å². The number of esters is 1. The van der Waals surface area contributed by atoms with Gasteiger partial charge in [-0.3, -0.25) is 10.1 Å². The Hall–Kier alpha value is -1.14. The largest absolute Gasteiger partial charge is 0.458 e. The van der Waals surface area contributed by atoms with Crippen LogP contribution in [-0.4, -0.2) is 54.7 Å². The lowest BCUT2D eigenvalue weighted by molar-refractivity contribution is -0.163. The lowest BCUT2D eigenvalue weighted by atomic mass is 10.1. The molecular formula is C12H21N2O4. The van der Waals surface area contributed by atoms with Crippen molar-refractivity contribution in [3.05, 3.63) is 0 Å². The maximum atomic E-state index is 12.0. The van der Waals surface area contributed by atoms with Crippen molar-refractivity contribution in [2.45, 2.75) is 38.8 Å². The highest BCUT2D eigenvalue weighted by molar-refractivity contribution is 6.02. The van der Waals surface area contributed by atoms with E-state index in [2.05, 4.69) is 5.32 Å². The summed E-state index contributed by atoms with van der Waals surface area (Å²) in [5, 5.41) is 13.3. The minimum absolute atomic E-state index is 0.214. The van der Waals surface area contributed by atoms with Gasteiger partial charge in [-0.2, -0.15) is 0 Å². The summed E-state index contributed by atoms with van der Waals surface area (Å²) in [7, 11) is 0. The minimum Gasteiger partial charge on any atom is -0.458 e.